The molecule has 0 aromatic heterocycles. The molecule has 2 N–H and O–H groups in total. The van der Waals surface area contributed by atoms with E-state index in [1.165, 1.54) is 24.3 Å². The number of ether oxygens (including phenoxy) is 1. The maximum atomic E-state index is 11.4. The monoisotopic (exact) mass is 281 g/mol. The third kappa shape index (κ3) is 5.34. The highest BCUT2D eigenvalue weighted by Crippen LogP contribution is 2.16. The number of nitro groups is 1. The summed E-state index contributed by atoms with van der Waals surface area (Å²) in [5.41, 5.74) is -0.0688. The van der Waals surface area contributed by atoms with Crippen molar-refractivity contribution in [1.29, 1.82) is 0 Å². The Hall–Kier alpha value is -2.64. The predicted molar refractivity (Wildman–Crippen MR) is 70.4 cm³/mol. The molecular weight excluding hydrogens is 266 g/mol. The maximum absolute atomic E-state index is 11.4. The zero-order chi connectivity index (χ0) is 15.0. The van der Waals surface area contributed by atoms with Crippen LogP contribution in [0.1, 0.15) is 13.3 Å². The van der Waals surface area contributed by atoms with E-state index in [2.05, 4.69) is 10.6 Å². The van der Waals surface area contributed by atoms with Gasteiger partial charge in [-0.15, -0.1) is 0 Å². The predicted octanol–water partition coefficient (Wildman–Crippen LogP) is 1.21. The van der Waals surface area contributed by atoms with Gasteiger partial charge in [-0.2, -0.15) is 0 Å². The van der Waals surface area contributed by atoms with Crippen LogP contribution in [0, 0.1) is 10.1 Å². The summed E-state index contributed by atoms with van der Waals surface area (Å²) in [5, 5.41) is 15.0. The number of benzene rings is 1. The first-order chi connectivity index (χ1) is 9.52. The molecule has 0 saturated carbocycles. The zero-order valence-corrected chi connectivity index (χ0v) is 10.9. The molecule has 8 nitrogen and oxygen atoms in total. The summed E-state index contributed by atoms with van der Waals surface area (Å²) in [5.74, 6) is -0.295. The van der Waals surface area contributed by atoms with Gasteiger partial charge >= 0.3 is 6.03 Å². The molecule has 3 amide bonds. The number of hydrogen-bond donors (Lipinski definition) is 2. The molecule has 0 aliphatic rings. The first-order valence-electron chi connectivity index (χ1n) is 5.98. The molecule has 1 aromatic rings. The van der Waals surface area contributed by atoms with Crippen LogP contribution in [0.2, 0.25) is 0 Å². The molecule has 0 radical (unpaired) electrons. The molecule has 0 spiro atoms. The first kappa shape index (κ1) is 15.4. The van der Waals surface area contributed by atoms with Crippen LogP contribution < -0.4 is 15.4 Å². The average Bonchev–Trinajstić information content (AvgIpc) is 2.43. The number of rotatable bonds is 6. The van der Waals surface area contributed by atoms with Gasteiger partial charge in [0.05, 0.1) is 4.92 Å². The Balaban J connectivity index is 2.37. The molecule has 0 aliphatic heterocycles. The lowest BCUT2D eigenvalue weighted by molar-refractivity contribution is -0.384. The van der Waals surface area contributed by atoms with E-state index < -0.39 is 16.9 Å². The molecule has 0 saturated heterocycles. The van der Waals surface area contributed by atoms with E-state index >= 15 is 0 Å². The largest absolute Gasteiger partial charge is 0.484 e. The maximum Gasteiger partial charge on any atom is 0.321 e. The number of carbonyl (C=O) groups excluding carboxylic acids is 2. The minimum absolute atomic E-state index is 0.0688. The first-order valence-corrected chi connectivity index (χ1v) is 5.98. The van der Waals surface area contributed by atoms with Crippen LogP contribution in [0.5, 0.6) is 5.75 Å². The standard InChI is InChI=1S/C12H15N3O5/c1-2-7-13-12(17)14-11(16)8-20-10-5-3-9(4-6-10)15(18)19/h3-6H,2,7-8H2,1H3,(H2,13,14,16,17). The van der Waals surface area contributed by atoms with E-state index in [4.69, 9.17) is 4.74 Å². The highest BCUT2D eigenvalue weighted by molar-refractivity contribution is 5.94. The van der Waals surface area contributed by atoms with Crippen LogP contribution in [0.4, 0.5) is 10.5 Å². The van der Waals surface area contributed by atoms with Gasteiger partial charge in [0.25, 0.3) is 11.6 Å². The minimum Gasteiger partial charge on any atom is -0.484 e. The van der Waals surface area contributed by atoms with Crippen molar-refractivity contribution in [3.63, 3.8) is 0 Å². The lowest BCUT2D eigenvalue weighted by Crippen LogP contribution is -2.41. The summed E-state index contributed by atoms with van der Waals surface area (Å²) in [4.78, 5) is 32.4. The molecule has 0 fully saturated rings. The van der Waals surface area contributed by atoms with E-state index in [0.717, 1.165) is 6.42 Å². The molecule has 20 heavy (non-hydrogen) atoms. The number of amides is 3. The molecular formula is C12H15N3O5. The van der Waals surface area contributed by atoms with Gasteiger partial charge in [-0.25, -0.2) is 4.79 Å². The number of imide groups is 1. The van der Waals surface area contributed by atoms with Crippen molar-refractivity contribution < 1.29 is 19.2 Å². The fourth-order valence-electron chi connectivity index (χ4n) is 1.26. The Morgan fingerprint density at radius 3 is 2.50 bits per heavy atom. The summed E-state index contributed by atoms with van der Waals surface area (Å²) >= 11 is 0. The molecule has 0 heterocycles. The second kappa shape index (κ2) is 7.72. The topological polar surface area (TPSA) is 111 Å². The molecule has 1 rings (SSSR count). The number of nitrogens with one attached hydrogen (secondary N) is 2. The third-order valence-corrected chi connectivity index (χ3v) is 2.21. The van der Waals surface area contributed by atoms with Crippen LogP contribution in [0.25, 0.3) is 0 Å². The highest BCUT2D eigenvalue weighted by Gasteiger charge is 2.09. The Morgan fingerprint density at radius 1 is 1.30 bits per heavy atom. The second-order valence-electron chi connectivity index (χ2n) is 3.84. The van der Waals surface area contributed by atoms with Crippen molar-refractivity contribution in [3.8, 4) is 5.75 Å². The Bertz CT molecular complexity index is 486. The van der Waals surface area contributed by atoms with Gasteiger partial charge in [0.15, 0.2) is 6.61 Å². The van der Waals surface area contributed by atoms with Crippen LogP contribution in [-0.2, 0) is 4.79 Å². The quantitative estimate of drug-likeness (QED) is 0.601. The third-order valence-electron chi connectivity index (χ3n) is 2.21. The molecule has 0 unspecified atom stereocenters. The van der Waals surface area contributed by atoms with Gasteiger partial charge in [0, 0.05) is 18.7 Å². The highest BCUT2D eigenvalue weighted by atomic mass is 16.6. The van der Waals surface area contributed by atoms with Crippen LogP contribution in [0.15, 0.2) is 24.3 Å². The smallest absolute Gasteiger partial charge is 0.321 e. The van der Waals surface area contributed by atoms with Crippen molar-refractivity contribution in [2.75, 3.05) is 13.2 Å². The zero-order valence-electron chi connectivity index (χ0n) is 10.9. The van der Waals surface area contributed by atoms with Gasteiger partial charge in [0.2, 0.25) is 0 Å². The van der Waals surface area contributed by atoms with E-state index in [-0.39, 0.29) is 12.3 Å². The average molecular weight is 281 g/mol. The SMILES string of the molecule is CCCNC(=O)NC(=O)COc1ccc([N+](=O)[O-])cc1. The van der Waals surface area contributed by atoms with Gasteiger partial charge < -0.3 is 10.1 Å². The second-order valence-corrected chi connectivity index (χ2v) is 3.84. The van der Waals surface area contributed by atoms with E-state index in [1.807, 2.05) is 6.92 Å². The number of carbonyl (C=O) groups is 2. The van der Waals surface area contributed by atoms with Crippen molar-refractivity contribution >= 4 is 17.6 Å². The van der Waals surface area contributed by atoms with Crippen molar-refractivity contribution in [2.24, 2.45) is 0 Å². The Kier molecular flexibility index (Phi) is 5.95. The molecule has 0 atom stereocenters. The normalized spacial score (nSPS) is 9.65. The molecule has 108 valence electrons. The Labute approximate surface area is 115 Å². The fourth-order valence-corrected chi connectivity index (χ4v) is 1.26. The van der Waals surface area contributed by atoms with Gasteiger partial charge in [-0.1, -0.05) is 6.92 Å². The number of urea groups is 1. The van der Waals surface area contributed by atoms with Crippen LogP contribution in [0.3, 0.4) is 0 Å². The van der Waals surface area contributed by atoms with Crippen LogP contribution >= 0.6 is 0 Å². The summed E-state index contributed by atoms with van der Waals surface area (Å²) in [7, 11) is 0. The number of nitrogens with zero attached hydrogens (tertiary/aromatic N) is 1. The lowest BCUT2D eigenvalue weighted by atomic mass is 10.3. The number of non-ortho nitro benzene ring substituents is 1. The number of hydrogen-bond acceptors (Lipinski definition) is 5. The van der Waals surface area contributed by atoms with Crippen molar-refractivity contribution in [1.82, 2.24) is 10.6 Å². The molecule has 8 heteroatoms. The minimum atomic E-state index is -0.600. The number of nitro benzene ring substituents is 1. The lowest BCUT2D eigenvalue weighted by Gasteiger charge is -2.07. The summed E-state index contributed by atoms with van der Waals surface area (Å²) < 4.78 is 5.09. The van der Waals surface area contributed by atoms with Crippen molar-refractivity contribution in [2.45, 2.75) is 13.3 Å². The van der Waals surface area contributed by atoms with Gasteiger partial charge in [-0.3, -0.25) is 20.2 Å². The summed E-state index contributed by atoms with van der Waals surface area (Å²) in [6.45, 7) is 2.01. The van der Waals surface area contributed by atoms with E-state index in [0.29, 0.717) is 12.3 Å². The molecule has 0 bridgehead atoms. The molecule has 1 aromatic carbocycles. The van der Waals surface area contributed by atoms with Crippen LogP contribution in [-0.4, -0.2) is 30.0 Å². The Morgan fingerprint density at radius 2 is 1.95 bits per heavy atom. The van der Waals surface area contributed by atoms with Gasteiger partial charge in [0.1, 0.15) is 5.75 Å². The summed E-state index contributed by atoms with van der Waals surface area (Å²) in [6, 6.07) is 4.71. The van der Waals surface area contributed by atoms with Crippen molar-refractivity contribution in [3.05, 3.63) is 34.4 Å². The summed E-state index contributed by atoms with van der Waals surface area (Å²) in [6.07, 6.45) is 0.765. The van der Waals surface area contributed by atoms with E-state index in [1.54, 1.807) is 0 Å². The van der Waals surface area contributed by atoms with Gasteiger partial charge in [-0.05, 0) is 18.6 Å². The fraction of sp³-hybridized carbons (Fsp3) is 0.333. The van der Waals surface area contributed by atoms with E-state index in [9.17, 15) is 19.7 Å². The molecule has 0 aliphatic carbocycles.